The highest BCUT2D eigenvalue weighted by atomic mass is 14.1. The van der Waals surface area contributed by atoms with Crippen LogP contribution in [-0.2, 0) is 0 Å². The van der Waals surface area contributed by atoms with E-state index in [4.69, 9.17) is 0 Å². The molecular formula is C11H14. The Morgan fingerprint density at radius 2 is 2.00 bits per heavy atom. The lowest BCUT2D eigenvalue weighted by atomic mass is 9.97. The predicted molar refractivity (Wildman–Crippen MR) is 49.7 cm³/mol. The van der Waals surface area contributed by atoms with Crippen molar-refractivity contribution in [1.29, 1.82) is 0 Å². The van der Waals surface area contributed by atoms with Gasteiger partial charge in [0.25, 0.3) is 0 Å². The van der Waals surface area contributed by atoms with Gasteiger partial charge in [-0.1, -0.05) is 43.3 Å². The van der Waals surface area contributed by atoms with Crippen LogP contribution in [0, 0.1) is 0 Å². The first-order valence-corrected chi connectivity index (χ1v) is 4.06. The van der Waals surface area contributed by atoms with Crippen LogP contribution in [0.15, 0.2) is 43.0 Å². The molecule has 11 heavy (non-hydrogen) atoms. The molecule has 58 valence electrons. The van der Waals surface area contributed by atoms with Crippen molar-refractivity contribution < 1.29 is 0 Å². The lowest BCUT2D eigenvalue weighted by Crippen LogP contribution is -1.90. The van der Waals surface area contributed by atoms with Gasteiger partial charge in [0, 0.05) is 5.92 Å². The summed E-state index contributed by atoms with van der Waals surface area (Å²) >= 11 is 0. The maximum absolute atomic E-state index is 3.81. The SMILES string of the molecule is C=C[C@H](CC)c1ccccc1. The fraction of sp³-hybridized carbons (Fsp3) is 0.273. The van der Waals surface area contributed by atoms with Gasteiger partial charge >= 0.3 is 0 Å². The van der Waals surface area contributed by atoms with Crippen molar-refractivity contribution in [3.63, 3.8) is 0 Å². The molecule has 1 atom stereocenters. The van der Waals surface area contributed by atoms with Crippen molar-refractivity contribution in [2.45, 2.75) is 19.3 Å². The Bertz CT molecular complexity index is 211. The Morgan fingerprint density at radius 1 is 1.36 bits per heavy atom. The van der Waals surface area contributed by atoms with Crippen LogP contribution in [0.4, 0.5) is 0 Å². The molecule has 0 aliphatic rings. The van der Waals surface area contributed by atoms with E-state index < -0.39 is 0 Å². The molecule has 0 heteroatoms. The zero-order valence-corrected chi connectivity index (χ0v) is 6.96. The van der Waals surface area contributed by atoms with Crippen molar-refractivity contribution in [2.24, 2.45) is 0 Å². The minimum atomic E-state index is 0.524. The molecule has 0 unspecified atom stereocenters. The van der Waals surface area contributed by atoms with Gasteiger partial charge in [-0.2, -0.15) is 0 Å². The third kappa shape index (κ3) is 1.94. The van der Waals surface area contributed by atoms with E-state index >= 15 is 0 Å². The summed E-state index contributed by atoms with van der Waals surface area (Å²) in [6.45, 7) is 5.99. The third-order valence-electron chi connectivity index (χ3n) is 1.95. The second kappa shape index (κ2) is 3.97. The van der Waals surface area contributed by atoms with Gasteiger partial charge in [0.1, 0.15) is 0 Å². The van der Waals surface area contributed by atoms with Crippen molar-refractivity contribution in [3.05, 3.63) is 48.6 Å². The predicted octanol–water partition coefficient (Wildman–Crippen LogP) is 3.37. The average molecular weight is 146 g/mol. The van der Waals surface area contributed by atoms with Gasteiger partial charge in [0.2, 0.25) is 0 Å². The van der Waals surface area contributed by atoms with Gasteiger partial charge in [-0.25, -0.2) is 0 Å². The molecule has 0 aliphatic carbocycles. The molecule has 0 heterocycles. The van der Waals surface area contributed by atoms with Crippen LogP contribution in [0.25, 0.3) is 0 Å². The van der Waals surface area contributed by atoms with Crippen LogP contribution in [0.2, 0.25) is 0 Å². The molecule has 0 saturated heterocycles. The summed E-state index contributed by atoms with van der Waals surface area (Å²) in [6, 6.07) is 10.5. The summed E-state index contributed by atoms with van der Waals surface area (Å²) in [7, 11) is 0. The third-order valence-corrected chi connectivity index (χ3v) is 1.95. The summed E-state index contributed by atoms with van der Waals surface area (Å²) < 4.78 is 0. The number of hydrogen-bond acceptors (Lipinski definition) is 0. The Kier molecular flexibility index (Phi) is 2.91. The standard InChI is InChI=1S/C11H14/c1-3-10(4-2)11-8-6-5-7-9-11/h3,5-10H,1,4H2,2H3/t10-/m1/s1. The number of benzene rings is 1. The minimum Gasteiger partial charge on any atom is -0.102 e. The monoisotopic (exact) mass is 146 g/mol. The molecule has 0 saturated carbocycles. The molecule has 0 aliphatic heterocycles. The van der Waals surface area contributed by atoms with E-state index in [0.717, 1.165) is 6.42 Å². The van der Waals surface area contributed by atoms with Gasteiger partial charge in [-0.15, -0.1) is 6.58 Å². The molecule has 1 rings (SSSR count). The molecular weight excluding hydrogens is 132 g/mol. The summed E-state index contributed by atoms with van der Waals surface area (Å²) in [5.74, 6) is 0.524. The van der Waals surface area contributed by atoms with E-state index in [9.17, 15) is 0 Å². The molecule has 1 aromatic rings. The van der Waals surface area contributed by atoms with Crippen LogP contribution in [-0.4, -0.2) is 0 Å². The largest absolute Gasteiger partial charge is 0.102 e. The maximum atomic E-state index is 3.81. The number of hydrogen-bond donors (Lipinski definition) is 0. The second-order valence-electron chi connectivity index (χ2n) is 2.66. The lowest BCUT2D eigenvalue weighted by Gasteiger charge is -2.08. The van der Waals surface area contributed by atoms with E-state index in [0.29, 0.717) is 5.92 Å². The maximum Gasteiger partial charge on any atom is 0.00126 e. The van der Waals surface area contributed by atoms with Crippen LogP contribution in [0.1, 0.15) is 24.8 Å². The first-order chi connectivity index (χ1) is 5.38. The Labute approximate surface area is 68.6 Å². The van der Waals surface area contributed by atoms with Gasteiger partial charge in [0.15, 0.2) is 0 Å². The van der Waals surface area contributed by atoms with Gasteiger partial charge in [-0.05, 0) is 12.0 Å². The average Bonchev–Trinajstić information content (AvgIpc) is 2.09. The van der Waals surface area contributed by atoms with E-state index in [2.05, 4.69) is 37.8 Å². The number of rotatable bonds is 3. The Balaban J connectivity index is 2.82. The van der Waals surface area contributed by atoms with Gasteiger partial charge < -0.3 is 0 Å². The zero-order chi connectivity index (χ0) is 8.10. The fourth-order valence-electron chi connectivity index (χ4n) is 1.24. The molecule has 0 spiro atoms. The minimum absolute atomic E-state index is 0.524. The second-order valence-corrected chi connectivity index (χ2v) is 2.66. The molecule has 0 N–H and O–H groups in total. The highest BCUT2D eigenvalue weighted by Crippen LogP contribution is 2.19. The number of allylic oxidation sites excluding steroid dienone is 1. The summed E-state index contributed by atoms with van der Waals surface area (Å²) in [6.07, 6.45) is 3.14. The topological polar surface area (TPSA) is 0 Å². The van der Waals surface area contributed by atoms with Gasteiger partial charge in [-0.3, -0.25) is 0 Å². The van der Waals surface area contributed by atoms with Crippen molar-refractivity contribution in [1.82, 2.24) is 0 Å². The Hall–Kier alpha value is -1.04. The molecule has 1 aromatic carbocycles. The van der Waals surface area contributed by atoms with Crippen LogP contribution in [0.3, 0.4) is 0 Å². The molecule has 0 nitrogen and oxygen atoms in total. The Morgan fingerprint density at radius 3 is 2.45 bits per heavy atom. The van der Waals surface area contributed by atoms with Crippen LogP contribution >= 0.6 is 0 Å². The molecule has 0 bridgehead atoms. The highest BCUT2D eigenvalue weighted by Gasteiger charge is 2.01. The van der Waals surface area contributed by atoms with Crippen LogP contribution in [0.5, 0.6) is 0 Å². The molecule has 0 amide bonds. The van der Waals surface area contributed by atoms with Gasteiger partial charge in [0.05, 0.1) is 0 Å². The first kappa shape index (κ1) is 8.06. The highest BCUT2D eigenvalue weighted by molar-refractivity contribution is 5.22. The smallest absolute Gasteiger partial charge is 0.00126 e. The van der Waals surface area contributed by atoms with Crippen molar-refractivity contribution in [3.8, 4) is 0 Å². The summed E-state index contributed by atoms with van der Waals surface area (Å²) in [5.41, 5.74) is 1.37. The van der Waals surface area contributed by atoms with E-state index in [1.54, 1.807) is 0 Å². The van der Waals surface area contributed by atoms with Crippen molar-refractivity contribution >= 4 is 0 Å². The zero-order valence-electron chi connectivity index (χ0n) is 6.96. The van der Waals surface area contributed by atoms with Crippen LogP contribution < -0.4 is 0 Å². The summed E-state index contributed by atoms with van der Waals surface area (Å²) in [5, 5.41) is 0. The molecule has 0 radical (unpaired) electrons. The lowest BCUT2D eigenvalue weighted by molar-refractivity contribution is 0.807. The summed E-state index contributed by atoms with van der Waals surface area (Å²) in [4.78, 5) is 0. The van der Waals surface area contributed by atoms with E-state index in [1.807, 2.05) is 12.1 Å². The molecule has 0 aromatic heterocycles. The van der Waals surface area contributed by atoms with E-state index in [-0.39, 0.29) is 0 Å². The van der Waals surface area contributed by atoms with E-state index in [1.165, 1.54) is 5.56 Å². The first-order valence-electron chi connectivity index (χ1n) is 4.06. The fourth-order valence-corrected chi connectivity index (χ4v) is 1.24. The molecule has 0 fully saturated rings. The quantitative estimate of drug-likeness (QED) is 0.573. The normalized spacial score (nSPS) is 12.5. The van der Waals surface area contributed by atoms with Crippen molar-refractivity contribution in [2.75, 3.05) is 0 Å².